The zero-order valence-electron chi connectivity index (χ0n) is 71.6. The number of nitrogens with zero attached hydrogens (tertiary/aromatic N) is 4. The molecule has 0 unspecified atom stereocenters. The molecule has 35 heteroatoms. The molecule has 13 amide bonds. The molecule has 0 radical (unpaired) electrons. The van der Waals surface area contributed by atoms with Crippen molar-refractivity contribution in [3.05, 3.63) is 94.5 Å². The van der Waals surface area contributed by atoms with Crippen molar-refractivity contribution in [1.29, 1.82) is 0 Å². The van der Waals surface area contributed by atoms with E-state index in [9.17, 15) is 57.5 Å². The average molecular weight is 1700 g/mol. The zero-order chi connectivity index (χ0) is 87.4. The monoisotopic (exact) mass is 1700 g/mol. The second-order valence-electron chi connectivity index (χ2n) is 31.1. The minimum absolute atomic E-state index is 0.00582. The van der Waals surface area contributed by atoms with Crippen molar-refractivity contribution in [2.45, 2.75) is 212 Å². The van der Waals surface area contributed by atoms with Gasteiger partial charge in [-0.15, -0.1) is 11.3 Å². The van der Waals surface area contributed by atoms with Crippen LogP contribution >= 0.6 is 11.3 Å². The maximum Gasteiger partial charge on any atom is 0.407 e. The lowest BCUT2D eigenvalue weighted by Gasteiger charge is -2.41. The van der Waals surface area contributed by atoms with Crippen LogP contribution in [0.15, 0.2) is 78.3 Å². The Kier molecular flexibility index (Phi) is 45.2. The summed E-state index contributed by atoms with van der Waals surface area (Å²) in [4.78, 5) is 168. The predicted octanol–water partition coefficient (Wildman–Crippen LogP) is 5.95. The molecule has 0 bridgehead atoms. The number of urea groups is 1. The molecule has 10 atom stereocenters. The molecule has 34 nitrogen and oxygen atoms in total. The molecule has 2 aliphatic heterocycles. The third-order valence-corrected chi connectivity index (χ3v) is 22.5. The highest BCUT2D eigenvalue weighted by molar-refractivity contribution is 7.09. The highest BCUT2D eigenvalue weighted by Crippen LogP contribution is 2.33. The molecule has 3 aromatic rings. The van der Waals surface area contributed by atoms with Gasteiger partial charge in [0.1, 0.15) is 35.3 Å². The number of ether oxygens (including phenoxy) is 9. The number of hydrogen-bond acceptors (Lipinski definition) is 23. The zero-order valence-corrected chi connectivity index (χ0v) is 72.4. The van der Waals surface area contributed by atoms with Crippen LogP contribution in [0.2, 0.25) is 0 Å². The van der Waals surface area contributed by atoms with Crippen molar-refractivity contribution < 1.29 is 100 Å². The third-order valence-electron chi connectivity index (χ3n) is 21.6. The Morgan fingerprint density at radius 2 is 1.26 bits per heavy atom. The number of primary amides is 1. The second-order valence-corrected chi connectivity index (χ2v) is 32.0. The molecule has 0 spiro atoms. The van der Waals surface area contributed by atoms with Crippen molar-refractivity contribution in [3.63, 3.8) is 0 Å². The molecule has 2 fully saturated rings. The molecular formula is C85H131N13O21S. The summed E-state index contributed by atoms with van der Waals surface area (Å²) in [5, 5.41) is 25.4. The fourth-order valence-corrected chi connectivity index (χ4v) is 15.4. The largest absolute Gasteiger partial charge is 0.445 e. The first-order valence-electron chi connectivity index (χ1n) is 42.1. The Morgan fingerprint density at radius 1 is 0.642 bits per heavy atom. The highest BCUT2D eigenvalue weighted by atomic mass is 32.1. The smallest absolute Gasteiger partial charge is 0.407 e. The number of imide groups is 1. The number of amides is 13. The molecule has 1 aromatic heterocycles. The van der Waals surface area contributed by atoms with E-state index in [1.54, 1.807) is 75.4 Å². The molecule has 1 saturated heterocycles. The fraction of sp³-hybridized carbons (Fsp3) is 0.659. The van der Waals surface area contributed by atoms with Crippen molar-refractivity contribution in [3.8, 4) is 0 Å². The first-order chi connectivity index (χ1) is 57.7. The van der Waals surface area contributed by atoms with E-state index in [1.165, 1.54) is 23.5 Å². The lowest BCUT2D eigenvalue weighted by Crippen LogP contribution is -2.63. The summed E-state index contributed by atoms with van der Waals surface area (Å²) in [7, 11) is 4.81. The first kappa shape index (κ1) is 99.7. The molecule has 3 aliphatic rings. The van der Waals surface area contributed by atoms with E-state index in [-0.39, 0.29) is 163 Å². The maximum absolute atomic E-state index is 14.8. The van der Waals surface area contributed by atoms with Gasteiger partial charge in [-0.05, 0) is 98.8 Å². The summed E-state index contributed by atoms with van der Waals surface area (Å²) < 4.78 is 51.2. The van der Waals surface area contributed by atoms with E-state index in [1.807, 2.05) is 70.3 Å². The van der Waals surface area contributed by atoms with Gasteiger partial charge in [0, 0.05) is 89.7 Å². The van der Waals surface area contributed by atoms with Gasteiger partial charge >= 0.3 is 12.1 Å². The Bertz CT molecular complexity index is 3670. The number of thiazole rings is 1. The summed E-state index contributed by atoms with van der Waals surface area (Å²) in [6.45, 7) is 17.5. The first-order valence-corrected chi connectivity index (χ1v) is 43.0. The number of hydrogen-bond donors (Lipinski definition) is 9. The Balaban J connectivity index is 0.783. The number of alkyl carbamates (subject to hydrolysis) is 1. The van der Waals surface area contributed by atoms with E-state index in [4.69, 9.17) is 48.4 Å². The van der Waals surface area contributed by atoms with E-state index < -0.39 is 77.7 Å². The van der Waals surface area contributed by atoms with Crippen LogP contribution in [0.5, 0.6) is 0 Å². The fourth-order valence-electron chi connectivity index (χ4n) is 14.7. The van der Waals surface area contributed by atoms with Crippen LogP contribution in [0.4, 0.5) is 15.3 Å². The lowest BCUT2D eigenvalue weighted by atomic mass is 9.89. The molecule has 10 N–H and O–H groups in total. The van der Waals surface area contributed by atoms with Crippen LogP contribution in [0.25, 0.3) is 0 Å². The quantitative estimate of drug-likeness (QED) is 0.0233. The normalized spacial score (nSPS) is 16.6. The van der Waals surface area contributed by atoms with Gasteiger partial charge in [0.25, 0.3) is 11.8 Å². The molecular weight excluding hydrogens is 1570 g/mol. The minimum Gasteiger partial charge on any atom is -0.445 e. The average Bonchev–Trinajstić information content (AvgIpc) is 1.29. The minimum atomic E-state index is -1.22. The van der Waals surface area contributed by atoms with Crippen molar-refractivity contribution in [1.82, 2.24) is 56.9 Å². The van der Waals surface area contributed by atoms with Gasteiger partial charge in [-0.25, -0.2) is 14.6 Å². The van der Waals surface area contributed by atoms with Gasteiger partial charge in [-0.3, -0.25) is 52.8 Å². The molecule has 1 aliphatic carbocycles. The van der Waals surface area contributed by atoms with Gasteiger partial charge in [0.2, 0.25) is 47.3 Å². The number of rotatable bonds is 59. The highest BCUT2D eigenvalue weighted by Gasteiger charge is 2.47. The summed E-state index contributed by atoms with van der Waals surface area (Å²) in [6, 6.07) is 11.4. The summed E-state index contributed by atoms with van der Waals surface area (Å²) in [5.41, 5.74) is 6.08. The van der Waals surface area contributed by atoms with Crippen LogP contribution in [-0.4, -0.2) is 266 Å². The lowest BCUT2D eigenvalue weighted by molar-refractivity contribution is -0.148. The maximum atomic E-state index is 14.8. The number of carbonyl (C=O) groups excluding carboxylic acids is 12. The standard InChI is InChI=1S/C85H131N13O21S/c1-11-59(6)75(67(111-9)55-72(103)97-40-21-25-66(97)76(112-10)60(7)77(104)92-65(80-87-38-53-120-80)54-61-22-14-12-15-23-61)96(8)81(107)74(58(4)5)94-82(108)85(34-17-18-35-85)95-69(100)33-41-113-43-45-115-47-49-117-51-52-118-50-48-116-46-44-114-42-37-89-84(110)119-56-62-27-29-63(30-28-62)90-78(105)64(24-20-36-88-83(86)109)91-79(106)73(57(2)3)93-68(99)26-16-13-19-39-98-70(101)31-32-71(98)102/h12,14-15,22-23,27-32,38,53,57-60,64-67,73-76H,11,13,16-21,24-26,33-37,39-52,54-56H2,1-10H3,(H,89,110)(H,90,105)(H,91,106)(H,92,104)(H,93,99)(H,94,108)(H,95,100)(H3,86,88,109)/t59-,60+,64-,65-,66-,67+,73-,74-,75-,76+/m0/s1. The third kappa shape index (κ3) is 34.1. The molecule has 2 aromatic carbocycles. The predicted molar refractivity (Wildman–Crippen MR) is 448 cm³/mol. The van der Waals surface area contributed by atoms with E-state index in [0.717, 1.165) is 21.9 Å². The number of nitrogens with one attached hydrogen (secondary N) is 8. The van der Waals surface area contributed by atoms with Crippen molar-refractivity contribution in [2.75, 3.05) is 132 Å². The number of likely N-dealkylation sites (tertiary alicyclic amines) is 1. The number of nitrogens with two attached hydrogens (primary N) is 1. The summed E-state index contributed by atoms with van der Waals surface area (Å²) in [6.07, 6.45) is 9.03. The van der Waals surface area contributed by atoms with Crippen molar-refractivity contribution in [2.24, 2.45) is 29.4 Å². The van der Waals surface area contributed by atoms with Crippen LogP contribution in [0, 0.1) is 23.7 Å². The number of methoxy groups -OCH3 is 2. The van der Waals surface area contributed by atoms with Crippen LogP contribution < -0.4 is 48.3 Å². The Labute approximate surface area is 709 Å². The summed E-state index contributed by atoms with van der Waals surface area (Å²) >= 11 is 1.48. The van der Waals surface area contributed by atoms with Crippen molar-refractivity contribution >= 4 is 88.2 Å². The van der Waals surface area contributed by atoms with Gasteiger partial charge in [0.15, 0.2) is 0 Å². The number of likely N-dealkylation sites (N-methyl/N-ethyl adjacent to an activating group) is 1. The Hall–Kier alpha value is -9.07. The SMILES string of the molecule is CC[C@H](C)[C@@H]([C@@H](CC(=O)N1CCC[C@H]1[C@H](OC)[C@@H](C)C(=O)N[C@@H](Cc1ccccc1)c1nccs1)OC)N(C)C(=O)[C@@H](NC(=O)C1(NC(=O)CCOCCOCCOCCOCCOCCOCCNC(=O)OCc2ccc(NC(=O)[C@H](CCCNC(N)=O)NC(=O)[C@@H](NC(=O)CCCCCN3C(=O)C=CC3=O)C(C)C)cc2)CCCC1)C(C)C. The number of aromatic nitrogens is 1. The number of anilines is 1. The van der Waals surface area contributed by atoms with Gasteiger partial charge in [0.05, 0.1) is 122 Å². The van der Waals surface area contributed by atoms with E-state index in [0.29, 0.717) is 128 Å². The van der Waals surface area contributed by atoms with E-state index in [2.05, 4.69) is 47.5 Å². The molecule has 3 heterocycles. The topological polar surface area (TPSA) is 433 Å². The van der Waals surface area contributed by atoms with Crippen LogP contribution in [-0.2, 0) is 104 Å². The molecule has 1 saturated carbocycles. The number of unbranched alkanes of at least 4 members (excludes halogenated alkanes) is 2. The second kappa shape index (κ2) is 54.3. The van der Waals surface area contributed by atoms with E-state index >= 15 is 0 Å². The number of carbonyl (C=O) groups is 12. The molecule has 120 heavy (non-hydrogen) atoms. The van der Waals surface area contributed by atoms with Gasteiger partial charge < -0.3 is 101 Å². The van der Waals surface area contributed by atoms with Gasteiger partial charge in [-0.1, -0.05) is 117 Å². The van der Waals surface area contributed by atoms with Gasteiger partial charge in [-0.2, -0.15) is 0 Å². The van der Waals surface area contributed by atoms with Crippen LogP contribution in [0.3, 0.4) is 0 Å². The summed E-state index contributed by atoms with van der Waals surface area (Å²) in [5.74, 6) is -5.15. The molecule has 6 rings (SSSR count). The van der Waals surface area contributed by atoms with Crippen LogP contribution in [0.1, 0.15) is 167 Å². The number of benzene rings is 2. The Morgan fingerprint density at radius 3 is 1.83 bits per heavy atom. The molecule has 668 valence electrons.